The normalized spacial score (nSPS) is 16.1. The fourth-order valence-electron chi connectivity index (χ4n) is 2.14. The number of rotatable bonds is 3. The Morgan fingerprint density at radius 2 is 2.28 bits per heavy atom. The summed E-state index contributed by atoms with van der Waals surface area (Å²) in [4.78, 5) is 13.3. The number of aryl methyl sites for hydroxylation is 1. The highest BCUT2D eigenvalue weighted by Crippen LogP contribution is 2.27. The Morgan fingerprint density at radius 1 is 1.50 bits per heavy atom. The Kier molecular flexibility index (Phi) is 3.63. The molecule has 1 aliphatic rings. The number of anilines is 1. The maximum Gasteiger partial charge on any atom is 0.227 e. The third kappa shape index (κ3) is 2.52. The van der Waals surface area contributed by atoms with E-state index in [9.17, 15) is 4.79 Å². The molecule has 1 N–H and O–H groups in total. The summed E-state index contributed by atoms with van der Waals surface area (Å²) in [5.41, 5.74) is 3.36. The molecule has 0 radical (unpaired) electrons. The largest absolute Gasteiger partial charge is 0.315 e. The molecule has 2 rings (SSSR count). The van der Waals surface area contributed by atoms with Gasteiger partial charge >= 0.3 is 0 Å². The molecule has 18 heavy (non-hydrogen) atoms. The molecule has 0 fully saturated rings. The second-order valence-corrected chi connectivity index (χ2v) is 4.65. The van der Waals surface area contributed by atoms with E-state index in [1.807, 2.05) is 26.1 Å². The van der Waals surface area contributed by atoms with Crippen molar-refractivity contribution in [3.05, 3.63) is 29.3 Å². The number of carbonyl (C=O) groups is 1. The van der Waals surface area contributed by atoms with Crippen LogP contribution in [0.4, 0.5) is 5.69 Å². The average Bonchev–Trinajstić information content (AvgIpc) is 2.40. The number of fused-ring (bicyclic) bond motifs is 1. The molecule has 1 unspecified atom stereocenters. The number of benzene rings is 1. The topological polar surface area (TPSA) is 56.1 Å². The third-order valence-electron chi connectivity index (χ3n) is 3.29. The molecule has 1 atom stereocenters. The van der Waals surface area contributed by atoms with Crippen molar-refractivity contribution < 1.29 is 4.79 Å². The fourth-order valence-corrected chi connectivity index (χ4v) is 2.14. The minimum Gasteiger partial charge on any atom is -0.315 e. The first kappa shape index (κ1) is 12.6. The summed E-state index contributed by atoms with van der Waals surface area (Å²) in [5.74, 6) is 0.173. The highest BCUT2D eigenvalue weighted by molar-refractivity contribution is 5.95. The fraction of sp³-hybridized carbons (Fsp3) is 0.429. The van der Waals surface area contributed by atoms with Gasteiger partial charge in [-0.15, -0.1) is 0 Å². The first-order valence-electron chi connectivity index (χ1n) is 6.13. The van der Waals surface area contributed by atoms with E-state index in [0.717, 1.165) is 17.7 Å². The maximum absolute atomic E-state index is 11.6. The van der Waals surface area contributed by atoms with Crippen molar-refractivity contribution >= 4 is 11.6 Å². The maximum atomic E-state index is 11.6. The predicted octanol–water partition coefficient (Wildman–Crippen LogP) is 1.60. The Balaban J connectivity index is 2.13. The van der Waals surface area contributed by atoms with Crippen LogP contribution in [0.15, 0.2) is 18.2 Å². The van der Waals surface area contributed by atoms with E-state index >= 15 is 0 Å². The van der Waals surface area contributed by atoms with Gasteiger partial charge in [-0.3, -0.25) is 10.1 Å². The monoisotopic (exact) mass is 243 g/mol. The van der Waals surface area contributed by atoms with Gasteiger partial charge in [0.1, 0.15) is 0 Å². The van der Waals surface area contributed by atoms with E-state index in [4.69, 9.17) is 5.26 Å². The summed E-state index contributed by atoms with van der Waals surface area (Å²) in [6.07, 6.45) is 1.38. The van der Waals surface area contributed by atoms with Crippen LogP contribution in [0, 0.1) is 11.3 Å². The lowest BCUT2D eigenvalue weighted by Crippen LogP contribution is -2.31. The second-order valence-electron chi connectivity index (χ2n) is 4.65. The molecule has 1 amide bonds. The van der Waals surface area contributed by atoms with E-state index < -0.39 is 0 Å². The molecule has 4 nitrogen and oxygen atoms in total. The summed E-state index contributed by atoms with van der Waals surface area (Å²) < 4.78 is 0. The van der Waals surface area contributed by atoms with Crippen molar-refractivity contribution in [2.75, 3.05) is 11.9 Å². The summed E-state index contributed by atoms with van der Waals surface area (Å²) in [7, 11) is 1.82. The second kappa shape index (κ2) is 5.19. The van der Waals surface area contributed by atoms with E-state index in [1.165, 1.54) is 5.56 Å². The van der Waals surface area contributed by atoms with Crippen molar-refractivity contribution in [3.8, 4) is 6.07 Å². The van der Waals surface area contributed by atoms with Crippen LogP contribution >= 0.6 is 0 Å². The smallest absolute Gasteiger partial charge is 0.227 e. The number of hydrogen-bond acceptors (Lipinski definition) is 3. The van der Waals surface area contributed by atoms with Gasteiger partial charge in [0.05, 0.1) is 12.1 Å². The van der Waals surface area contributed by atoms with Crippen LogP contribution < -0.4 is 10.2 Å². The molecule has 94 valence electrons. The van der Waals surface area contributed by atoms with Gasteiger partial charge in [-0.05, 0) is 30.5 Å². The molecule has 0 saturated heterocycles. The predicted molar refractivity (Wildman–Crippen MR) is 70.1 cm³/mol. The molecule has 4 heteroatoms. The average molecular weight is 243 g/mol. The molecule has 1 aromatic carbocycles. The molecule has 1 heterocycles. The van der Waals surface area contributed by atoms with Gasteiger partial charge in [-0.2, -0.15) is 5.26 Å². The SMILES string of the molecule is CC(C#N)NCc1ccc2c(c1)CCC(=O)N2C. The first-order valence-corrected chi connectivity index (χ1v) is 6.13. The number of amides is 1. The van der Waals surface area contributed by atoms with Gasteiger partial charge in [-0.1, -0.05) is 12.1 Å². The Labute approximate surface area is 107 Å². The van der Waals surface area contributed by atoms with E-state index in [1.54, 1.807) is 4.90 Å². The molecule has 1 aromatic rings. The molecule has 0 bridgehead atoms. The minimum absolute atomic E-state index is 0.148. The number of carbonyl (C=O) groups excluding carboxylic acids is 1. The van der Waals surface area contributed by atoms with Crippen LogP contribution in [0.2, 0.25) is 0 Å². The standard InChI is InChI=1S/C14H17N3O/c1-10(8-15)16-9-11-3-5-13-12(7-11)4-6-14(18)17(13)2/h3,5,7,10,16H,4,6,9H2,1-2H3. The Hall–Kier alpha value is -1.86. The van der Waals surface area contributed by atoms with Crippen LogP contribution in [0.25, 0.3) is 0 Å². The molecule has 0 spiro atoms. The summed E-state index contributed by atoms with van der Waals surface area (Å²) in [5, 5.41) is 11.8. The zero-order chi connectivity index (χ0) is 13.1. The lowest BCUT2D eigenvalue weighted by Gasteiger charge is -2.26. The van der Waals surface area contributed by atoms with Gasteiger partial charge in [-0.25, -0.2) is 0 Å². The van der Waals surface area contributed by atoms with Gasteiger partial charge in [0.2, 0.25) is 5.91 Å². The van der Waals surface area contributed by atoms with E-state index in [-0.39, 0.29) is 11.9 Å². The highest BCUT2D eigenvalue weighted by atomic mass is 16.2. The zero-order valence-corrected chi connectivity index (χ0v) is 10.7. The number of nitrogens with one attached hydrogen (secondary N) is 1. The van der Waals surface area contributed by atoms with Gasteiger partial charge < -0.3 is 4.90 Å². The van der Waals surface area contributed by atoms with Crippen LogP contribution in [0.1, 0.15) is 24.5 Å². The van der Waals surface area contributed by atoms with Crippen molar-refractivity contribution in [1.82, 2.24) is 5.32 Å². The third-order valence-corrected chi connectivity index (χ3v) is 3.29. The van der Waals surface area contributed by atoms with Crippen molar-refractivity contribution in [1.29, 1.82) is 5.26 Å². The quantitative estimate of drug-likeness (QED) is 0.877. The van der Waals surface area contributed by atoms with Crippen LogP contribution in [-0.2, 0) is 17.8 Å². The van der Waals surface area contributed by atoms with Crippen LogP contribution in [-0.4, -0.2) is 19.0 Å². The van der Waals surface area contributed by atoms with Gasteiger partial charge in [0.15, 0.2) is 0 Å². The van der Waals surface area contributed by atoms with Crippen molar-refractivity contribution in [3.63, 3.8) is 0 Å². The van der Waals surface area contributed by atoms with Gasteiger partial charge in [0, 0.05) is 25.7 Å². The van der Waals surface area contributed by atoms with E-state index in [2.05, 4.69) is 17.5 Å². The lowest BCUT2D eigenvalue weighted by molar-refractivity contribution is -0.118. The summed E-state index contributed by atoms with van der Waals surface area (Å²) >= 11 is 0. The molecule has 0 aliphatic carbocycles. The minimum atomic E-state index is -0.148. The Bertz CT molecular complexity index is 504. The number of nitrogens with zero attached hydrogens (tertiary/aromatic N) is 2. The summed E-state index contributed by atoms with van der Waals surface area (Å²) in [6, 6.07) is 8.11. The Morgan fingerprint density at radius 3 is 3.00 bits per heavy atom. The van der Waals surface area contributed by atoms with Crippen LogP contribution in [0.5, 0.6) is 0 Å². The zero-order valence-electron chi connectivity index (χ0n) is 10.7. The molecular weight excluding hydrogens is 226 g/mol. The van der Waals surface area contributed by atoms with Crippen LogP contribution in [0.3, 0.4) is 0 Å². The first-order chi connectivity index (χ1) is 8.61. The van der Waals surface area contributed by atoms with Crippen molar-refractivity contribution in [2.24, 2.45) is 0 Å². The highest BCUT2D eigenvalue weighted by Gasteiger charge is 2.20. The van der Waals surface area contributed by atoms with Gasteiger partial charge in [0.25, 0.3) is 0 Å². The van der Waals surface area contributed by atoms with E-state index in [0.29, 0.717) is 13.0 Å². The lowest BCUT2D eigenvalue weighted by atomic mass is 9.99. The molecule has 0 saturated carbocycles. The molecule has 1 aliphatic heterocycles. The molecule has 0 aromatic heterocycles. The molecular formula is C14H17N3O. The summed E-state index contributed by atoms with van der Waals surface area (Å²) in [6.45, 7) is 2.52. The van der Waals surface area contributed by atoms with Crippen molar-refractivity contribution in [2.45, 2.75) is 32.4 Å². The number of hydrogen-bond donors (Lipinski definition) is 1. The number of nitriles is 1.